The predicted molar refractivity (Wildman–Crippen MR) is 106 cm³/mol. The van der Waals surface area contributed by atoms with Crippen LogP contribution in [0.1, 0.15) is 36.7 Å². The Hall–Kier alpha value is -2.34. The lowest BCUT2D eigenvalue weighted by Crippen LogP contribution is -2.57. The van der Waals surface area contributed by atoms with E-state index in [2.05, 4.69) is 27.8 Å². The maximum Gasteiger partial charge on any atom is 0.229 e. The number of fused-ring (bicyclic) bond motifs is 3. The number of likely N-dealkylation sites (tertiary alicyclic amines) is 1. The third kappa shape index (κ3) is 2.73. The Balaban J connectivity index is 1.31. The largest absolute Gasteiger partial charge is 0.492 e. The number of nitrogens with zero attached hydrogens (tertiary/aromatic N) is 3. The van der Waals surface area contributed by atoms with Crippen molar-refractivity contribution in [1.29, 1.82) is 0 Å². The first-order valence-electron chi connectivity index (χ1n) is 10.5. The number of nitrogens with one attached hydrogen (secondary N) is 1. The van der Waals surface area contributed by atoms with E-state index < -0.39 is 0 Å². The highest BCUT2D eigenvalue weighted by molar-refractivity contribution is 5.80. The second-order valence-corrected chi connectivity index (χ2v) is 8.24. The van der Waals surface area contributed by atoms with E-state index in [0.717, 1.165) is 63.2 Å². The molecule has 0 bridgehead atoms. The van der Waals surface area contributed by atoms with E-state index in [0.29, 0.717) is 6.61 Å². The Bertz CT molecular complexity index is 869. The number of aromatic nitrogens is 2. The van der Waals surface area contributed by atoms with Gasteiger partial charge < -0.3 is 14.6 Å². The summed E-state index contributed by atoms with van der Waals surface area (Å²) in [5.41, 5.74) is 3.62. The smallest absolute Gasteiger partial charge is 0.229 e. The molecular formula is C22H28N4O2. The fraction of sp³-hybridized carbons (Fsp3) is 0.545. The summed E-state index contributed by atoms with van der Waals surface area (Å²) in [4.78, 5) is 25.8. The van der Waals surface area contributed by atoms with Crippen LogP contribution in [0.5, 0.6) is 5.75 Å². The molecule has 3 aliphatic heterocycles. The summed E-state index contributed by atoms with van der Waals surface area (Å²) in [5, 5.41) is 0. The van der Waals surface area contributed by atoms with Crippen LogP contribution in [0.4, 0.5) is 0 Å². The molecule has 0 radical (unpaired) electrons. The summed E-state index contributed by atoms with van der Waals surface area (Å²) in [7, 11) is 0. The minimum Gasteiger partial charge on any atom is -0.492 e. The number of benzene rings is 1. The predicted octanol–water partition coefficient (Wildman–Crippen LogP) is 2.36. The van der Waals surface area contributed by atoms with Crippen molar-refractivity contribution >= 4 is 5.91 Å². The van der Waals surface area contributed by atoms with Crippen molar-refractivity contribution in [3.05, 3.63) is 47.5 Å². The molecule has 148 valence electrons. The van der Waals surface area contributed by atoms with Crippen molar-refractivity contribution in [3.8, 4) is 5.75 Å². The number of aromatic amines is 1. The van der Waals surface area contributed by atoms with Crippen LogP contribution in [0.3, 0.4) is 0 Å². The standard InChI is InChI=1S/C22H28N4O2/c1-2-26-10-7-18-20(24-15-23-18)22(26)8-11-25(12-9-22)21(27)17-13-16-5-3-4-6-19(16)28-14-17/h3-6,15,17H,2,7-14H2,1H3,(H,23,24)/t17-/m0/s1. The molecule has 1 saturated heterocycles. The molecule has 0 aliphatic carbocycles. The summed E-state index contributed by atoms with van der Waals surface area (Å²) in [5.74, 6) is 1.10. The molecule has 1 N–H and O–H groups in total. The normalized spacial score (nSPS) is 23.8. The van der Waals surface area contributed by atoms with E-state index in [-0.39, 0.29) is 17.4 Å². The van der Waals surface area contributed by atoms with Crippen molar-refractivity contribution in [2.45, 2.75) is 38.1 Å². The number of carbonyl (C=O) groups is 1. The summed E-state index contributed by atoms with van der Waals surface area (Å²) >= 11 is 0. The van der Waals surface area contributed by atoms with Gasteiger partial charge in [-0.15, -0.1) is 0 Å². The molecule has 1 atom stereocenters. The molecule has 1 spiro atoms. The maximum atomic E-state index is 13.2. The van der Waals surface area contributed by atoms with Crippen molar-refractivity contribution in [1.82, 2.24) is 19.8 Å². The van der Waals surface area contributed by atoms with Crippen LogP contribution in [-0.2, 0) is 23.2 Å². The second-order valence-electron chi connectivity index (χ2n) is 8.24. The molecule has 28 heavy (non-hydrogen) atoms. The Kier molecular flexibility index (Phi) is 4.38. The molecule has 0 saturated carbocycles. The van der Waals surface area contributed by atoms with Gasteiger partial charge in [0.05, 0.1) is 23.5 Å². The highest BCUT2D eigenvalue weighted by atomic mass is 16.5. The van der Waals surface area contributed by atoms with Crippen LogP contribution >= 0.6 is 0 Å². The molecule has 1 aromatic heterocycles. The number of ether oxygens (including phenoxy) is 1. The van der Waals surface area contributed by atoms with Crippen LogP contribution in [0, 0.1) is 5.92 Å². The van der Waals surface area contributed by atoms with Gasteiger partial charge in [-0.25, -0.2) is 4.98 Å². The first-order valence-corrected chi connectivity index (χ1v) is 10.5. The SMILES string of the molecule is CCN1CCc2[nH]cnc2C12CCN(C(=O)[C@@H]1COc3ccccc3C1)CC2. The van der Waals surface area contributed by atoms with E-state index >= 15 is 0 Å². The summed E-state index contributed by atoms with van der Waals surface area (Å²) in [6.45, 7) is 6.38. The zero-order valence-electron chi connectivity index (χ0n) is 16.5. The second kappa shape index (κ2) is 6.92. The number of amides is 1. The summed E-state index contributed by atoms with van der Waals surface area (Å²) < 4.78 is 5.86. The molecule has 4 heterocycles. The number of imidazole rings is 1. The summed E-state index contributed by atoms with van der Waals surface area (Å²) in [6.07, 6.45) is 5.55. The first-order chi connectivity index (χ1) is 13.7. The van der Waals surface area contributed by atoms with Gasteiger partial charge in [0.2, 0.25) is 5.91 Å². The molecular weight excluding hydrogens is 352 g/mol. The van der Waals surface area contributed by atoms with Gasteiger partial charge in [0.1, 0.15) is 12.4 Å². The molecule has 5 rings (SSSR count). The van der Waals surface area contributed by atoms with Crippen molar-refractivity contribution in [2.75, 3.05) is 32.8 Å². The van der Waals surface area contributed by atoms with Crippen molar-refractivity contribution in [3.63, 3.8) is 0 Å². The average molecular weight is 380 g/mol. The van der Waals surface area contributed by atoms with Gasteiger partial charge in [-0.05, 0) is 37.4 Å². The number of hydrogen-bond donors (Lipinski definition) is 1. The van der Waals surface area contributed by atoms with Gasteiger partial charge in [-0.3, -0.25) is 9.69 Å². The molecule has 0 unspecified atom stereocenters. The number of piperidine rings is 1. The number of rotatable bonds is 2. The Labute approximate surface area is 165 Å². The third-order valence-corrected chi connectivity index (χ3v) is 6.91. The molecule has 3 aliphatic rings. The highest BCUT2D eigenvalue weighted by Gasteiger charge is 2.47. The summed E-state index contributed by atoms with van der Waals surface area (Å²) in [6, 6.07) is 8.06. The van der Waals surface area contributed by atoms with E-state index in [9.17, 15) is 4.79 Å². The maximum absolute atomic E-state index is 13.2. The lowest BCUT2D eigenvalue weighted by molar-refractivity contribution is -0.140. The van der Waals surface area contributed by atoms with Crippen LogP contribution in [0.15, 0.2) is 30.6 Å². The Morgan fingerprint density at radius 2 is 2.11 bits per heavy atom. The fourth-order valence-electron chi connectivity index (χ4n) is 5.38. The third-order valence-electron chi connectivity index (χ3n) is 6.91. The first kappa shape index (κ1) is 17.7. The lowest BCUT2D eigenvalue weighted by Gasteiger charge is -2.50. The topological polar surface area (TPSA) is 61.5 Å². The van der Waals surface area contributed by atoms with Crippen LogP contribution < -0.4 is 4.74 Å². The molecule has 6 nitrogen and oxygen atoms in total. The van der Waals surface area contributed by atoms with Crippen molar-refractivity contribution in [2.24, 2.45) is 5.92 Å². The number of H-pyrrole nitrogens is 1. The zero-order valence-corrected chi connectivity index (χ0v) is 16.5. The Morgan fingerprint density at radius 3 is 2.93 bits per heavy atom. The average Bonchev–Trinajstić information content (AvgIpc) is 3.24. The molecule has 1 amide bonds. The fourth-order valence-corrected chi connectivity index (χ4v) is 5.38. The minimum absolute atomic E-state index is 0.0191. The monoisotopic (exact) mass is 380 g/mol. The number of para-hydroxylation sites is 1. The quantitative estimate of drug-likeness (QED) is 0.869. The molecule has 2 aromatic rings. The molecule has 1 aromatic carbocycles. The molecule has 6 heteroatoms. The van der Waals surface area contributed by atoms with E-state index in [1.807, 2.05) is 24.5 Å². The number of likely N-dealkylation sites (N-methyl/N-ethyl adjacent to an activating group) is 1. The van der Waals surface area contributed by atoms with Gasteiger partial charge in [-0.2, -0.15) is 0 Å². The number of carbonyl (C=O) groups excluding carboxylic acids is 1. The lowest BCUT2D eigenvalue weighted by atomic mass is 9.78. The van der Waals surface area contributed by atoms with Gasteiger partial charge >= 0.3 is 0 Å². The van der Waals surface area contributed by atoms with Crippen LogP contribution in [0.25, 0.3) is 0 Å². The van der Waals surface area contributed by atoms with Crippen LogP contribution in [0.2, 0.25) is 0 Å². The number of hydrogen-bond acceptors (Lipinski definition) is 4. The zero-order chi connectivity index (χ0) is 19.1. The molecule has 1 fully saturated rings. The van der Waals surface area contributed by atoms with E-state index in [1.54, 1.807) is 0 Å². The van der Waals surface area contributed by atoms with E-state index in [1.165, 1.54) is 11.4 Å². The van der Waals surface area contributed by atoms with Gasteiger partial charge in [0.25, 0.3) is 0 Å². The van der Waals surface area contributed by atoms with E-state index in [4.69, 9.17) is 9.72 Å². The van der Waals surface area contributed by atoms with Gasteiger partial charge in [0.15, 0.2) is 0 Å². The van der Waals surface area contributed by atoms with Gasteiger partial charge in [0, 0.05) is 31.7 Å². The Morgan fingerprint density at radius 1 is 1.29 bits per heavy atom. The van der Waals surface area contributed by atoms with Gasteiger partial charge in [-0.1, -0.05) is 25.1 Å². The van der Waals surface area contributed by atoms with Crippen LogP contribution in [-0.4, -0.2) is 58.5 Å². The van der Waals surface area contributed by atoms with Crippen molar-refractivity contribution < 1.29 is 9.53 Å². The minimum atomic E-state index is -0.0708. The highest BCUT2D eigenvalue weighted by Crippen LogP contribution is 2.42.